The number of aromatic nitrogens is 1. The lowest BCUT2D eigenvalue weighted by Crippen LogP contribution is -2.12. The molecule has 0 aliphatic heterocycles. The van der Waals surface area contributed by atoms with Crippen LogP contribution in [-0.2, 0) is 27.9 Å². The van der Waals surface area contributed by atoms with Crippen molar-refractivity contribution in [3.63, 3.8) is 0 Å². The number of hydrogen-bond acceptors (Lipinski definition) is 3. The molecule has 0 atom stereocenters. The molecular weight excluding hydrogens is 338 g/mol. The van der Waals surface area contributed by atoms with E-state index < -0.39 is 0 Å². The van der Waals surface area contributed by atoms with Crippen molar-refractivity contribution in [2.75, 3.05) is 14.2 Å². The highest BCUT2D eigenvalue weighted by Gasteiger charge is 2.15. The third-order valence-corrected chi connectivity index (χ3v) is 4.91. The third-order valence-electron chi connectivity index (χ3n) is 4.91. The lowest BCUT2D eigenvalue weighted by molar-refractivity contribution is -0.139. The summed E-state index contributed by atoms with van der Waals surface area (Å²) < 4.78 is 12.4. The Balaban J connectivity index is 2.00. The van der Waals surface area contributed by atoms with Crippen molar-refractivity contribution in [1.29, 1.82) is 0 Å². The minimum Gasteiger partial charge on any atom is -0.497 e. The SMILES string of the molecule is COC(=O)Cc1cc2cc(OC)ccc2n1Cc1ccc(C(C)(C)C)cc1. The Morgan fingerprint density at radius 2 is 1.70 bits per heavy atom. The maximum Gasteiger partial charge on any atom is 0.311 e. The molecule has 142 valence electrons. The van der Waals surface area contributed by atoms with E-state index in [-0.39, 0.29) is 17.8 Å². The number of methoxy groups -OCH3 is 2. The summed E-state index contributed by atoms with van der Waals surface area (Å²) in [5.74, 6) is 0.563. The monoisotopic (exact) mass is 365 g/mol. The Kier molecular flexibility index (Phi) is 5.26. The molecule has 0 fully saturated rings. The van der Waals surface area contributed by atoms with Crippen LogP contribution in [0, 0.1) is 0 Å². The van der Waals surface area contributed by atoms with Gasteiger partial charge in [0.1, 0.15) is 5.75 Å². The van der Waals surface area contributed by atoms with E-state index in [1.54, 1.807) is 7.11 Å². The van der Waals surface area contributed by atoms with Gasteiger partial charge in [0.25, 0.3) is 0 Å². The Labute approximate surface area is 160 Å². The average molecular weight is 365 g/mol. The van der Waals surface area contributed by atoms with Gasteiger partial charge in [-0.25, -0.2) is 0 Å². The van der Waals surface area contributed by atoms with Gasteiger partial charge in [0.2, 0.25) is 0 Å². The molecule has 4 heteroatoms. The first-order chi connectivity index (χ1) is 12.8. The summed E-state index contributed by atoms with van der Waals surface area (Å²) in [4.78, 5) is 11.9. The number of ether oxygens (including phenoxy) is 2. The van der Waals surface area contributed by atoms with Gasteiger partial charge in [-0.2, -0.15) is 0 Å². The van der Waals surface area contributed by atoms with E-state index in [2.05, 4.69) is 49.6 Å². The minimum atomic E-state index is -0.242. The number of benzene rings is 2. The Hall–Kier alpha value is -2.75. The molecule has 0 unspecified atom stereocenters. The first-order valence-electron chi connectivity index (χ1n) is 9.14. The Morgan fingerprint density at radius 3 is 2.30 bits per heavy atom. The van der Waals surface area contributed by atoms with Crippen molar-refractivity contribution < 1.29 is 14.3 Å². The molecule has 3 aromatic rings. The molecule has 0 bridgehead atoms. The molecule has 4 nitrogen and oxygen atoms in total. The molecule has 0 N–H and O–H groups in total. The van der Waals surface area contributed by atoms with E-state index in [0.717, 1.165) is 22.3 Å². The first kappa shape index (κ1) is 19.0. The van der Waals surface area contributed by atoms with Crippen LogP contribution in [0.3, 0.4) is 0 Å². The van der Waals surface area contributed by atoms with Crippen molar-refractivity contribution >= 4 is 16.9 Å². The number of carbonyl (C=O) groups is 1. The van der Waals surface area contributed by atoms with Crippen molar-refractivity contribution in [2.45, 2.75) is 39.2 Å². The molecule has 0 saturated carbocycles. The van der Waals surface area contributed by atoms with Crippen LogP contribution in [-0.4, -0.2) is 24.8 Å². The highest BCUT2D eigenvalue weighted by Crippen LogP contribution is 2.27. The smallest absolute Gasteiger partial charge is 0.311 e. The zero-order chi connectivity index (χ0) is 19.6. The van der Waals surface area contributed by atoms with Crippen LogP contribution in [0.25, 0.3) is 10.9 Å². The highest BCUT2D eigenvalue weighted by molar-refractivity contribution is 5.85. The van der Waals surface area contributed by atoms with Gasteiger partial charge in [0.15, 0.2) is 0 Å². The fraction of sp³-hybridized carbons (Fsp3) is 0.348. The number of rotatable bonds is 5. The Morgan fingerprint density at radius 1 is 1.00 bits per heavy atom. The van der Waals surface area contributed by atoms with E-state index in [4.69, 9.17) is 9.47 Å². The summed E-state index contributed by atoms with van der Waals surface area (Å²) in [6, 6.07) is 16.7. The normalized spacial score (nSPS) is 11.6. The third kappa shape index (κ3) is 4.16. The van der Waals surface area contributed by atoms with Crippen molar-refractivity contribution in [3.8, 4) is 5.75 Å². The maximum atomic E-state index is 11.9. The molecule has 1 aromatic heterocycles. The molecule has 0 saturated heterocycles. The quantitative estimate of drug-likeness (QED) is 0.615. The fourth-order valence-corrected chi connectivity index (χ4v) is 3.28. The van der Waals surface area contributed by atoms with E-state index in [9.17, 15) is 4.79 Å². The number of esters is 1. The van der Waals surface area contributed by atoms with E-state index in [1.165, 1.54) is 18.2 Å². The molecule has 0 spiro atoms. The van der Waals surface area contributed by atoms with Gasteiger partial charge in [0, 0.05) is 23.1 Å². The summed E-state index contributed by atoms with van der Waals surface area (Å²) in [6.45, 7) is 7.34. The molecule has 27 heavy (non-hydrogen) atoms. The van der Waals surface area contributed by atoms with Gasteiger partial charge in [-0.15, -0.1) is 0 Å². The summed E-state index contributed by atoms with van der Waals surface area (Å²) in [5.41, 5.74) is 4.65. The number of fused-ring (bicyclic) bond motifs is 1. The predicted molar refractivity (Wildman–Crippen MR) is 108 cm³/mol. The van der Waals surface area contributed by atoms with Crippen molar-refractivity contribution in [3.05, 3.63) is 65.4 Å². The predicted octanol–water partition coefficient (Wildman–Crippen LogP) is 4.71. The first-order valence-corrected chi connectivity index (χ1v) is 9.14. The second kappa shape index (κ2) is 7.47. The van der Waals surface area contributed by atoms with Crippen LogP contribution in [0.1, 0.15) is 37.6 Å². The van der Waals surface area contributed by atoms with Crippen LogP contribution in [0.5, 0.6) is 5.75 Å². The van der Waals surface area contributed by atoms with Crippen LogP contribution in [0.4, 0.5) is 0 Å². The lowest BCUT2D eigenvalue weighted by Gasteiger charge is -2.19. The highest BCUT2D eigenvalue weighted by atomic mass is 16.5. The van der Waals surface area contributed by atoms with Gasteiger partial charge in [-0.3, -0.25) is 4.79 Å². The topological polar surface area (TPSA) is 40.5 Å². The van der Waals surface area contributed by atoms with Gasteiger partial charge < -0.3 is 14.0 Å². The second-order valence-corrected chi connectivity index (χ2v) is 7.85. The summed E-state index contributed by atoms with van der Waals surface area (Å²) in [7, 11) is 3.08. The maximum absolute atomic E-state index is 11.9. The number of nitrogens with zero attached hydrogens (tertiary/aromatic N) is 1. The van der Waals surface area contributed by atoms with Gasteiger partial charge in [-0.05, 0) is 40.8 Å². The van der Waals surface area contributed by atoms with Crippen molar-refractivity contribution in [2.24, 2.45) is 0 Å². The fourth-order valence-electron chi connectivity index (χ4n) is 3.28. The van der Waals surface area contributed by atoms with E-state index in [0.29, 0.717) is 6.54 Å². The van der Waals surface area contributed by atoms with E-state index >= 15 is 0 Å². The molecule has 2 aromatic carbocycles. The summed E-state index contributed by atoms with van der Waals surface area (Å²) >= 11 is 0. The number of hydrogen-bond donors (Lipinski definition) is 0. The second-order valence-electron chi connectivity index (χ2n) is 7.85. The molecule has 0 aliphatic carbocycles. The molecule has 0 aliphatic rings. The van der Waals surface area contributed by atoms with Crippen molar-refractivity contribution in [1.82, 2.24) is 4.57 Å². The van der Waals surface area contributed by atoms with Crippen LogP contribution >= 0.6 is 0 Å². The van der Waals surface area contributed by atoms with Gasteiger partial charge in [0.05, 0.1) is 20.6 Å². The lowest BCUT2D eigenvalue weighted by atomic mass is 9.87. The van der Waals surface area contributed by atoms with Crippen LogP contribution in [0.15, 0.2) is 48.5 Å². The molecule has 3 rings (SSSR count). The minimum absolute atomic E-state index is 0.130. The molecule has 1 heterocycles. The van der Waals surface area contributed by atoms with Gasteiger partial charge in [-0.1, -0.05) is 45.0 Å². The standard InChI is InChI=1S/C23H27NO3/c1-23(2,3)18-8-6-16(7-9-18)15-24-19(14-22(25)27-5)12-17-13-20(26-4)10-11-21(17)24/h6-13H,14-15H2,1-5H3. The molecule has 0 amide bonds. The number of carbonyl (C=O) groups excluding carboxylic acids is 1. The Bertz CT molecular complexity index is 946. The molecular formula is C23H27NO3. The van der Waals surface area contributed by atoms with Crippen LogP contribution < -0.4 is 4.74 Å². The van der Waals surface area contributed by atoms with Crippen LogP contribution in [0.2, 0.25) is 0 Å². The average Bonchev–Trinajstić information content (AvgIpc) is 2.97. The summed E-state index contributed by atoms with van der Waals surface area (Å²) in [5, 5.41) is 1.06. The zero-order valence-corrected chi connectivity index (χ0v) is 16.7. The van der Waals surface area contributed by atoms with Gasteiger partial charge >= 0.3 is 5.97 Å². The summed E-state index contributed by atoms with van der Waals surface area (Å²) in [6.07, 6.45) is 0.244. The largest absolute Gasteiger partial charge is 0.497 e. The van der Waals surface area contributed by atoms with E-state index in [1.807, 2.05) is 24.3 Å². The molecule has 0 radical (unpaired) electrons. The zero-order valence-electron chi connectivity index (χ0n) is 16.7.